The number of nitrogens with two attached hydrogens (primary N) is 1. The van der Waals surface area contributed by atoms with Crippen LogP contribution in [0.4, 0.5) is 0 Å². The van der Waals surface area contributed by atoms with Crippen molar-refractivity contribution in [3.05, 3.63) is 58.7 Å². The lowest BCUT2D eigenvalue weighted by atomic mass is 9.88. The Morgan fingerprint density at radius 2 is 1.75 bits per heavy atom. The van der Waals surface area contributed by atoms with Crippen LogP contribution in [0.3, 0.4) is 0 Å². The number of hydrogen-bond donors (Lipinski definition) is 1. The molecule has 24 heavy (non-hydrogen) atoms. The van der Waals surface area contributed by atoms with Gasteiger partial charge in [-0.25, -0.2) is 0 Å². The van der Waals surface area contributed by atoms with Gasteiger partial charge in [0.15, 0.2) is 11.5 Å². The fraction of sp³-hybridized carbons (Fsp3) is 0.429. The summed E-state index contributed by atoms with van der Waals surface area (Å²) in [6.07, 6.45) is 0.998. The normalized spacial score (nSPS) is 12.3. The Hall–Kier alpha value is -2.00. The third-order valence-electron chi connectivity index (χ3n) is 4.22. The summed E-state index contributed by atoms with van der Waals surface area (Å²) in [4.78, 5) is 0. The van der Waals surface area contributed by atoms with E-state index in [4.69, 9.17) is 15.2 Å². The summed E-state index contributed by atoms with van der Waals surface area (Å²) in [5.41, 5.74) is 11.2. The molecule has 2 N–H and O–H groups in total. The second-order valence-corrected chi connectivity index (χ2v) is 6.65. The minimum atomic E-state index is 0.110. The van der Waals surface area contributed by atoms with E-state index in [0.717, 1.165) is 17.9 Å². The number of ether oxygens (including phenoxy) is 2. The van der Waals surface area contributed by atoms with E-state index in [1.54, 1.807) is 7.11 Å². The van der Waals surface area contributed by atoms with Crippen LogP contribution in [0, 0.1) is 13.8 Å². The topological polar surface area (TPSA) is 44.5 Å². The first kappa shape index (κ1) is 18.3. The molecule has 0 radical (unpaired) electrons. The van der Waals surface area contributed by atoms with Gasteiger partial charge in [-0.2, -0.15) is 0 Å². The third-order valence-corrected chi connectivity index (χ3v) is 4.22. The third kappa shape index (κ3) is 4.51. The van der Waals surface area contributed by atoms with Gasteiger partial charge >= 0.3 is 0 Å². The van der Waals surface area contributed by atoms with Crippen LogP contribution in [0.25, 0.3) is 0 Å². The molecule has 130 valence electrons. The quantitative estimate of drug-likeness (QED) is 0.820. The van der Waals surface area contributed by atoms with Crippen molar-refractivity contribution < 1.29 is 9.47 Å². The zero-order valence-electron chi connectivity index (χ0n) is 15.4. The van der Waals surface area contributed by atoms with Crippen LogP contribution in [0.5, 0.6) is 11.5 Å². The summed E-state index contributed by atoms with van der Waals surface area (Å²) in [5.74, 6) is 1.86. The van der Waals surface area contributed by atoms with Crippen LogP contribution in [0.1, 0.15) is 42.0 Å². The Bertz CT molecular complexity index is 680. The number of aryl methyl sites for hydroxylation is 2. The minimum Gasteiger partial charge on any atom is -0.493 e. The second-order valence-electron chi connectivity index (χ2n) is 6.65. The maximum absolute atomic E-state index is 6.08. The molecule has 2 aromatic rings. The molecular weight excluding hydrogens is 298 g/mol. The molecule has 0 fully saturated rings. The zero-order valence-corrected chi connectivity index (χ0v) is 15.4. The smallest absolute Gasteiger partial charge is 0.161 e. The van der Waals surface area contributed by atoms with Gasteiger partial charge in [-0.3, -0.25) is 0 Å². The highest BCUT2D eigenvalue weighted by Crippen LogP contribution is 2.31. The predicted molar refractivity (Wildman–Crippen MR) is 100 cm³/mol. The van der Waals surface area contributed by atoms with Crippen LogP contribution in [-0.2, 0) is 6.42 Å². The van der Waals surface area contributed by atoms with E-state index in [1.165, 1.54) is 22.3 Å². The van der Waals surface area contributed by atoms with Crippen molar-refractivity contribution in [1.82, 2.24) is 0 Å². The minimum absolute atomic E-state index is 0.110. The Morgan fingerprint density at radius 1 is 1.00 bits per heavy atom. The molecule has 1 atom stereocenters. The first-order valence-corrected chi connectivity index (χ1v) is 8.55. The van der Waals surface area contributed by atoms with Gasteiger partial charge in [0.1, 0.15) is 0 Å². The summed E-state index contributed by atoms with van der Waals surface area (Å²) in [7, 11) is 1.67. The van der Waals surface area contributed by atoms with Gasteiger partial charge in [-0.15, -0.1) is 0 Å². The van der Waals surface area contributed by atoms with Gasteiger partial charge in [0.25, 0.3) is 0 Å². The lowest BCUT2D eigenvalue weighted by Crippen LogP contribution is -2.16. The lowest BCUT2D eigenvalue weighted by Gasteiger charge is -2.20. The molecule has 2 aromatic carbocycles. The molecular formula is C21H29NO2. The Kier molecular flexibility index (Phi) is 6.27. The number of hydrogen-bond acceptors (Lipinski definition) is 3. The van der Waals surface area contributed by atoms with Gasteiger partial charge < -0.3 is 15.2 Å². The fourth-order valence-electron chi connectivity index (χ4n) is 3.08. The van der Waals surface area contributed by atoms with Crippen molar-refractivity contribution in [1.29, 1.82) is 0 Å². The molecule has 0 saturated carbocycles. The molecule has 0 bridgehead atoms. The fourth-order valence-corrected chi connectivity index (χ4v) is 3.08. The zero-order chi connectivity index (χ0) is 17.7. The Morgan fingerprint density at radius 3 is 2.33 bits per heavy atom. The molecule has 2 rings (SSSR count). The molecule has 3 heteroatoms. The summed E-state index contributed by atoms with van der Waals surface area (Å²) in [6.45, 7) is 8.94. The molecule has 3 nitrogen and oxygen atoms in total. The summed E-state index contributed by atoms with van der Waals surface area (Å²) >= 11 is 0. The van der Waals surface area contributed by atoms with Gasteiger partial charge in [0, 0.05) is 5.92 Å². The SMILES string of the molecule is COc1ccc(CC(CN)c2ccc(C)cc2C)cc1OC(C)C. The van der Waals surface area contributed by atoms with Crippen molar-refractivity contribution >= 4 is 0 Å². The van der Waals surface area contributed by atoms with Gasteiger partial charge in [-0.05, 0) is 69.5 Å². The molecule has 0 aliphatic carbocycles. The number of methoxy groups -OCH3 is 1. The van der Waals surface area contributed by atoms with Gasteiger partial charge in [0.05, 0.1) is 13.2 Å². The Balaban J connectivity index is 2.27. The van der Waals surface area contributed by atoms with Crippen LogP contribution in [0.15, 0.2) is 36.4 Å². The van der Waals surface area contributed by atoms with Crippen LogP contribution < -0.4 is 15.2 Å². The second kappa shape index (κ2) is 8.20. The first-order chi connectivity index (χ1) is 11.4. The molecule has 1 unspecified atom stereocenters. The largest absolute Gasteiger partial charge is 0.493 e. The average Bonchev–Trinajstić information content (AvgIpc) is 2.53. The lowest BCUT2D eigenvalue weighted by molar-refractivity contribution is 0.230. The average molecular weight is 327 g/mol. The summed E-state index contributed by atoms with van der Waals surface area (Å²) < 4.78 is 11.3. The van der Waals surface area contributed by atoms with Crippen molar-refractivity contribution in [2.45, 2.75) is 46.1 Å². The van der Waals surface area contributed by atoms with Gasteiger partial charge in [0.2, 0.25) is 0 Å². The maximum atomic E-state index is 6.08. The van der Waals surface area contributed by atoms with Gasteiger partial charge in [-0.1, -0.05) is 29.8 Å². The highest BCUT2D eigenvalue weighted by molar-refractivity contribution is 5.44. The molecule has 0 spiro atoms. The molecule has 0 heterocycles. The molecule has 0 aliphatic heterocycles. The summed E-state index contributed by atoms with van der Waals surface area (Å²) in [6, 6.07) is 12.7. The summed E-state index contributed by atoms with van der Waals surface area (Å²) in [5, 5.41) is 0. The van der Waals surface area contributed by atoms with E-state index < -0.39 is 0 Å². The monoisotopic (exact) mass is 327 g/mol. The van der Waals surface area contributed by atoms with Crippen molar-refractivity contribution in [2.75, 3.05) is 13.7 Å². The van der Waals surface area contributed by atoms with E-state index in [2.05, 4.69) is 44.2 Å². The van der Waals surface area contributed by atoms with Crippen molar-refractivity contribution in [3.8, 4) is 11.5 Å². The first-order valence-electron chi connectivity index (χ1n) is 8.55. The highest BCUT2D eigenvalue weighted by Gasteiger charge is 2.15. The van der Waals surface area contributed by atoms with Crippen LogP contribution in [0.2, 0.25) is 0 Å². The molecule has 0 aromatic heterocycles. The maximum Gasteiger partial charge on any atom is 0.161 e. The van der Waals surface area contributed by atoms with Crippen molar-refractivity contribution in [3.63, 3.8) is 0 Å². The molecule has 0 amide bonds. The van der Waals surface area contributed by atoms with Crippen LogP contribution in [-0.4, -0.2) is 19.8 Å². The Labute approximate surface area is 145 Å². The standard InChI is InChI=1S/C21H29NO2/c1-14(2)24-21-12-17(7-9-20(21)23-5)11-18(13-22)19-8-6-15(3)10-16(19)4/h6-10,12,14,18H,11,13,22H2,1-5H3. The van der Waals surface area contributed by atoms with E-state index in [1.807, 2.05) is 19.9 Å². The molecule has 0 saturated heterocycles. The molecule has 0 aliphatic rings. The van der Waals surface area contributed by atoms with Crippen LogP contribution >= 0.6 is 0 Å². The van der Waals surface area contributed by atoms with E-state index in [9.17, 15) is 0 Å². The number of benzene rings is 2. The predicted octanol–water partition coefficient (Wildman–Crippen LogP) is 4.38. The highest BCUT2D eigenvalue weighted by atomic mass is 16.5. The van der Waals surface area contributed by atoms with E-state index in [0.29, 0.717) is 12.5 Å². The number of rotatable bonds is 7. The van der Waals surface area contributed by atoms with Crippen molar-refractivity contribution in [2.24, 2.45) is 5.73 Å². The van der Waals surface area contributed by atoms with E-state index in [-0.39, 0.29) is 6.10 Å². The van der Waals surface area contributed by atoms with E-state index >= 15 is 0 Å².